The zero-order valence-electron chi connectivity index (χ0n) is 14.4. The molecule has 0 fully saturated rings. The third kappa shape index (κ3) is 4.02. The molecule has 26 heavy (non-hydrogen) atoms. The molecule has 1 atom stereocenters. The summed E-state index contributed by atoms with van der Waals surface area (Å²) in [5, 5.41) is 7.41. The molecule has 3 amide bonds. The number of nitrogens with one attached hydrogen (secondary N) is 2. The Bertz CT molecular complexity index is 904. The van der Waals surface area contributed by atoms with Gasteiger partial charge in [-0.1, -0.05) is 18.2 Å². The lowest BCUT2D eigenvalue weighted by Gasteiger charge is -2.16. The maximum atomic E-state index is 12.4. The SMILES string of the molecule is CCn1c(CNC(=O)CC(NC(N)=O)c2cccs2)nc2ccccc21. The van der Waals surface area contributed by atoms with E-state index in [0.29, 0.717) is 6.54 Å². The first kappa shape index (κ1) is 17.9. The molecule has 0 saturated heterocycles. The quantitative estimate of drug-likeness (QED) is 0.595. The largest absolute Gasteiger partial charge is 0.352 e. The van der Waals surface area contributed by atoms with Gasteiger partial charge in [0.25, 0.3) is 0 Å². The van der Waals surface area contributed by atoms with Gasteiger partial charge in [0.1, 0.15) is 5.82 Å². The van der Waals surface area contributed by atoms with E-state index in [1.807, 2.05) is 48.7 Å². The summed E-state index contributed by atoms with van der Waals surface area (Å²) in [5.41, 5.74) is 7.19. The van der Waals surface area contributed by atoms with Crippen molar-refractivity contribution in [2.45, 2.75) is 32.5 Å². The molecule has 7 nitrogen and oxygen atoms in total. The van der Waals surface area contributed by atoms with Crippen LogP contribution in [0.2, 0.25) is 0 Å². The second-order valence-electron chi connectivity index (χ2n) is 5.82. The molecule has 0 spiro atoms. The molecule has 0 saturated carbocycles. The number of nitrogens with zero attached hydrogens (tertiary/aromatic N) is 2. The van der Waals surface area contributed by atoms with Gasteiger partial charge < -0.3 is 20.9 Å². The lowest BCUT2D eigenvalue weighted by Crippen LogP contribution is -2.36. The minimum atomic E-state index is -0.649. The Labute approximate surface area is 155 Å². The summed E-state index contributed by atoms with van der Waals surface area (Å²) in [6.45, 7) is 3.14. The van der Waals surface area contributed by atoms with E-state index in [9.17, 15) is 9.59 Å². The molecule has 3 aromatic rings. The first-order valence-corrected chi connectivity index (χ1v) is 9.26. The molecule has 1 unspecified atom stereocenters. The molecule has 0 aliphatic carbocycles. The number of urea groups is 1. The molecule has 0 aliphatic heterocycles. The van der Waals surface area contributed by atoms with E-state index < -0.39 is 12.1 Å². The number of fused-ring (bicyclic) bond motifs is 1. The lowest BCUT2D eigenvalue weighted by molar-refractivity contribution is -0.121. The van der Waals surface area contributed by atoms with E-state index >= 15 is 0 Å². The maximum absolute atomic E-state index is 12.4. The van der Waals surface area contributed by atoms with Gasteiger partial charge in [-0.15, -0.1) is 11.3 Å². The van der Waals surface area contributed by atoms with Gasteiger partial charge in [-0.05, 0) is 30.5 Å². The van der Waals surface area contributed by atoms with Crippen LogP contribution in [0.4, 0.5) is 4.79 Å². The molecular formula is C18H21N5O2S. The number of primary amides is 1. The average Bonchev–Trinajstić information content (AvgIpc) is 3.26. The summed E-state index contributed by atoms with van der Waals surface area (Å²) in [5.74, 6) is 0.629. The number of hydrogen-bond acceptors (Lipinski definition) is 4. The molecular weight excluding hydrogens is 350 g/mol. The van der Waals surface area contributed by atoms with Crippen molar-refractivity contribution in [2.24, 2.45) is 5.73 Å². The van der Waals surface area contributed by atoms with E-state index in [1.165, 1.54) is 11.3 Å². The highest BCUT2D eigenvalue weighted by molar-refractivity contribution is 7.10. The lowest BCUT2D eigenvalue weighted by atomic mass is 10.1. The Hall–Kier alpha value is -2.87. The van der Waals surface area contributed by atoms with Gasteiger partial charge in [-0.3, -0.25) is 4.79 Å². The number of thiophene rings is 1. The number of nitrogens with two attached hydrogens (primary N) is 1. The van der Waals surface area contributed by atoms with Crippen molar-refractivity contribution < 1.29 is 9.59 Å². The second kappa shape index (κ2) is 8.01. The summed E-state index contributed by atoms with van der Waals surface area (Å²) in [4.78, 5) is 29.1. The number of aromatic nitrogens is 2. The molecule has 4 N–H and O–H groups in total. The van der Waals surface area contributed by atoms with Crippen molar-refractivity contribution >= 4 is 34.3 Å². The molecule has 3 rings (SSSR count). The number of carbonyl (C=O) groups is 2. The van der Waals surface area contributed by atoms with Gasteiger partial charge >= 0.3 is 6.03 Å². The molecule has 0 aliphatic rings. The Morgan fingerprint density at radius 1 is 1.27 bits per heavy atom. The van der Waals surface area contributed by atoms with Gasteiger partial charge in [0.15, 0.2) is 0 Å². The summed E-state index contributed by atoms with van der Waals surface area (Å²) >= 11 is 1.47. The van der Waals surface area contributed by atoms with Crippen LogP contribution in [0.25, 0.3) is 11.0 Å². The zero-order valence-corrected chi connectivity index (χ0v) is 15.3. The number of benzene rings is 1. The van der Waals surface area contributed by atoms with E-state index in [0.717, 1.165) is 28.3 Å². The van der Waals surface area contributed by atoms with Crippen molar-refractivity contribution in [3.8, 4) is 0 Å². The Morgan fingerprint density at radius 2 is 2.08 bits per heavy atom. The van der Waals surface area contributed by atoms with E-state index in [1.54, 1.807) is 0 Å². The van der Waals surface area contributed by atoms with Crippen molar-refractivity contribution in [3.63, 3.8) is 0 Å². The van der Waals surface area contributed by atoms with E-state index in [4.69, 9.17) is 5.73 Å². The standard InChI is InChI=1S/C18H21N5O2S/c1-2-23-14-7-4-3-6-12(14)21-16(23)11-20-17(24)10-13(22-18(19)25)15-8-5-9-26-15/h3-9,13H,2,10-11H2,1H3,(H,20,24)(H3,19,22,25). The van der Waals surface area contributed by atoms with Gasteiger partial charge in [0.05, 0.1) is 30.0 Å². The van der Waals surface area contributed by atoms with Crippen molar-refractivity contribution in [2.75, 3.05) is 0 Å². The van der Waals surface area contributed by atoms with Crippen LogP contribution in [0.1, 0.15) is 30.1 Å². The molecule has 2 heterocycles. The molecule has 8 heteroatoms. The Kier molecular flexibility index (Phi) is 5.52. The van der Waals surface area contributed by atoms with Crippen LogP contribution in [0.5, 0.6) is 0 Å². The van der Waals surface area contributed by atoms with E-state index in [-0.39, 0.29) is 12.3 Å². The van der Waals surface area contributed by atoms with Gasteiger partial charge in [-0.2, -0.15) is 0 Å². The predicted molar refractivity (Wildman–Crippen MR) is 102 cm³/mol. The average molecular weight is 371 g/mol. The third-order valence-electron chi connectivity index (χ3n) is 4.09. The minimum Gasteiger partial charge on any atom is -0.352 e. The van der Waals surface area contributed by atoms with Crippen LogP contribution >= 0.6 is 11.3 Å². The topological polar surface area (TPSA) is 102 Å². The Balaban J connectivity index is 1.67. The maximum Gasteiger partial charge on any atom is 0.312 e. The number of aryl methyl sites for hydroxylation is 1. The van der Waals surface area contributed by atoms with Crippen LogP contribution in [0, 0.1) is 0 Å². The fraction of sp³-hybridized carbons (Fsp3) is 0.278. The predicted octanol–water partition coefficient (Wildman–Crippen LogP) is 2.53. The summed E-state index contributed by atoms with van der Waals surface area (Å²) in [6, 6.07) is 10.5. The first-order chi connectivity index (χ1) is 12.6. The van der Waals surface area contributed by atoms with Gasteiger partial charge in [-0.25, -0.2) is 9.78 Å². The van der Waals surface area contributed by atoms with Crippen LogP contribution in [0.15, 0.2) is 41.8 Å². The number of carbonyl (C=O) groups excluding carboxylic acids is 2. The number of para-hydroxylation sites is 2. The number of hydrogen-bond donors (Lipinski definition) is 3. The van der Waals surface area contributed by atoms with Crippen LogP contribution < -0.4 is 16.4 Å². The minimum absolute atomic E-state index is 0.121. The number of amides is 3. The van der Waals surface area contributed by atoms with Crippen molar-refractivity contribution in [1.82, 2.24) is 20.2 Å². The highest BCUT2D eigenvalue weighted by atomic mass is 32.1. The molecule has 0 bridgehead atoms. The summed E-state index contributed by atoms with van der Waals surface area (Å²) in [6.07, 6.45) is 0.121. The fourth-order valence-corrected chi connectivity index (χ4v) is 3.71. The van der Waals surface area contributed by atoms with Crippen molar-refractivity contribution in [1.29, 1.82) is 0 Å². The molecule has 2 aromatic heterocycles. The van der Waals surface area contributed by atoms with Crippen molar-refractivity contribution in [3.05, 3.63) is 52.5 Å². The van der Waals surface area contributed by atoms with Crippen LogP contribution in [-0.2, 0) is 17.9 Å². The number of rotatable bonds is 7. The van der Waals surface area contributed by atoms with Gasteiger partial charge in [0.2, 0.25) is 5.91 Å². The first-order valence-electron chi connectivity index (χ1n) is 8.38. The van der Waals surface area contributed by atoms with Crippen LogP contribution in [-0.4, -0.2) is 21.5 Å². The summed E-state index contributed by atoms with van der Waals surface area (Å²) < 4.78 is 2.08. The highest BCUT2D eigenvalue weighted by Gasteiger charge is 2.19. The number of imidazole rings is 1. The van der Waals surface area contributed by atoms with E-state index in [2.05, 4.69) is 20.2 Å². The molecule has 136 valence electrons. The van der Waals surface area contributed by atoms with Crippen LogP contribution in [0.3, 0.4) is 0 Å². The normalized spacial score (nSPS) is 12.0. The van der Waals surface area contributed by atoms with Gasteiger partial charge in [0, 0.05) is 11.4 Å². The second-order valence-corrected chi connectivity index (χ2v) is 6.80. The molecule has 0 radical (unpaired) electrons. The molecule has 1 aromatic carbocycles. The fourth-order valence-electron chi connectivity index (χ4n) is 2.93. The third-order valence-corrected chi connectivity index (χ3v) is 5.07. The Morgan fingerprint density at radius 3 is 2.77 bits per heavy atom. The zero-order chi connectivity index (χ0) is 18.5. The summed E-state index contributed by atoms with van der Waals surface area (Å²) in [7, 11) is 0. The monoisotopic (exact) mass is 371 g/mol. The highest BCUT2D eigenvalue weighted by Crippen LogP contribution is 2.22. The smallest absolute Gasteiger partial charge is 0.312 e.